The Morgan fingerprint density at radius 1 is 1.02 bits per heavy atom. The molecular formula is C29H41N5O7S. The maximum atomic E-state index is 13.6. The lowest BCUT2D eigenvalue weighted by atomic mass is 10.1. The van der Waals surface area contributed by atoms with E-state index in [-0.39, 0.29) is 30.2 Å². The van der Waals surface area contributed by atoms with E-state index in [9.17, 15) is 27.6 Å². The first-order valence-corrected chi connectivity index (χ1v) is 15.6. The van der Waals surface area contributed by atoms with Gasteiger partial charge >= 0.3 is 6.09 Å². The topological polar surface area (TPSA) is 177 Å². The first-order chi connectivity index (χ1) is 19.8. The largest absolute Gasteiger partial charge is 0.444 e. The third-order valence-electron chi connectivity index (χ3n) is 6.72. The van der Waals surface area contributed by atoms with Crippen molar-refractivity contribution in [2.75, 3.05) is 19.6 Å². The number of rotatable bonds is 13. The molecule has 3 rings (SSSR count). The fourth-order valence-electron chi connectivity index (χ4n) is 4.70. The fourth-order valence-corrected chi connectivity index (χ4v) is 5.96. The van der Waals surface area contributed by atoms with Crippen LogP contribution < -0.4 is 21.1 Å². The lowest BCUT2D eigenvalue weighted by Crippen LogP contribution is -2.53. The van der Waals surface area contributed by atoms with Crippen LogP contribution in [0.1, 0.15) is 59.3 Å². The van der Waals surface area contributed by atoms with Gasteiger partial charge in [-0.25, -0.2) is 13.2 Å². The van der Waals surface area contributed by atoms with Gasteiger partial charge in [0.05, 0.1) is 4.90 Å². The minimum absolute atomic E-state index is 0.0186. The summed E-state index contributed by atoms with van der Waals surface area (Å²) in [4.78, 5) is 51.2. The van der Waals surface area contributed by atoms with E-state index in [4.69, 9.17) is 10.5 Å². The maximum Gasteiger partial charge on any atom is 0.407 e. The van der Waals surface area contributed by atoms with Gasteiger partial charge in [-0.1, -0.05) is 30.3 Å². The van der Waals surface area contributed by atoms with Gasteiger partial charge in [-0.2, -0.15) is 4.72 Å². The minimum Gasteiger partial charge on any atom is -0.444 e. The number of nitrogens with two attached hydrogens (primary N) is 1. The molecule has 0 bridgehead atoms. The Kier molecular flexibility index (Phi) is 11.3. The van der Waals surface area contributed by atoms with Gasteiger partial charge < -0.3 is 26.0 Å². The molecule has 0 saturated carbocycles. The standard InChI is InChI=1S/C29H41N5O7S/c1-29(2,3)41-28(38)32-17-7-6-16-31-26(36)24-11-8-18-34(24)27(37)23(14-15-25(30)35)33-42(39,40)22-13-12-20-9-4-5-10-21(20)19-22/h4-5,9-10,12-13,19,23-24,33H,6-8,11,14-18H2,1-3H3,(H2,30,35)(H,31,36)(H,32,38)/t23-,24+/m1/s1. The van der Waals surface area contributed by atoms with Crippen LogP contribution in [0.3, 0.4) is 0 Å². The Morgan fingerprint density at radius 3 is 2.36 bits per heavy atom. The number of sulfonamides is 1. The number of benzene rings is 2. The number of fused-ring (bicyclic) bond motifs is 1. The molecule has 1 fully saturated rings. The summed E-state index contributed by atoms with van der Waals surface area (Å²) in [6, 6.07) is 9.90. The number of nitrogens with zero attached hydrogens (tertiary/aromatic N) is 1. The average Bonchev–Trinajstić information content (AvgIpc) is 3.41. The van der Waals surface area contributed by atoms with Gasteiger partial charge in [-0.05, 0) is 75.8 Å². The van der Waals surface area contributed by atoms with Crippen LogP contribution >= 0.6 is 0 Å². The van der Waals surface area contributed by atoms with Gasteiger partial charge in [0.1, 0.15) is 17.7 Å². The molecule has 230 valence electrons. The third-order valence-corrected chi connectivity index (χ3v) is 8.19. The van der Waals surface area contributed by atoms with Crippen LogP contribution in [0.2, 0.25) is 0 Å². The lowest BCUT2D eigenvalue weighted by Gasteiger charge is -2.28. The molecule has 13 heteroatoms. The Labute approximate surface area is 246 Å². The summed E-state index contributed by atoms with van der Waals surface area (Å²) >= 11 is 0. The number of primary amides is 1. The van der Waals surface area contributed by atoms with Gasteiger partial charge in [-0.3, -0.25) is 14.4 Å². The summed E-state index contributed by atoms with van der Waals surface area (Å²) in [6.07, 6.45) is 1.35. The quantitative estimate of drug-likeness (QED) is 0.254. The molecule has 1 aliphatic heterocycles. The maximum absolute atomic E-state index is 13.6. The van der Waals surface area contributed by atoms with Gasteiger partial charge in [0.15, 0.2) is 0 Å². The molecule has 0 radical (unpaired) electrons. The highest BCUT2D eigenvalue weighted by molar-refractivity contribution is 7.89. The zero-order valence-corrected chi connectivity index (χ0v) is 25.2. The number of hydrogen-bond donors (Lipinski definition) is 4. The molecule has 0 aromatic heterocycles. The second kappa shape index (κ2) is 14.5. The van der Waals surface area contributed by atoms with Crippen LogP contribution in [0.4, 0.5) is 4.79 Å². The lowest BCUT2D eigenvalue weighted by molar-refractivity contribution is -0.140. The van der Waals surface area contributed by atoms with Crippen molar-refractivity contribution < 1.29 is 32.3 Å². The van der Waals surface area contributed by atoms with E-state index in [1.54, 1.807) is 39.0 Å². The minimum atomic E-state index is -4.14. The average molecular weight is 604 g/mol. The number of hydrogen-bond acceptors (Lipinski definition) is 7. The van der Waals surface area contributed by atoms with Crippen LogP contribution in [0, 0.1) is 0 Å². The molecule has 42 heavy (non-hydrogen) atoms. The van der Waals surface area contributed by atoms with Crippen LogP contribution in [-0.2, 0) is 29.1 Å². The number of likely N-dealkylation sites (tertiary alicyclic amines) is 1. The summed E-state index contributed by atoms with van der Waals surface area (Å²) in [5.41, 5.74) is 4.72. The summed E-state index contributed by atoms with van der Waals surface area (Å²) in [5, 5.41) is 7.07. The summed E-state index contributed by atoms with van der Waals surface area (Å²) in [5.74, 6) is -1.60. The highest BCUT2D eigenvalue weighted by atomic mass is 32.2. The van der Waals surface area contributed by atoms with Crippen molar-refractivity contribution in [3.8, 4) is 0 Å². The molecule has 2 aromatic rings. The number of ether oxygens (including phenoxy) is 1. The summed E-state index contributed by atoms with van der Waals surface area (Å²) in [6.45, 7) is 6.34. The van der Waals surface area contributed by atoms with Crippen LogP contribution in [-0.4, -0.2) is 74.5 Å². The van der Waals surface area contributed by atoms with Gasteiger partial charge in [0.25, 0.3) is 0 Å². The molecule has 1 aliphatic rings. The summed E-state index contributed by atoms with van der Waals surface area (Å²) < 4.78 is 34.2. The molecule has 4 amide bonds. The number of carbonyl (C=O) groups excluding carboxylic acids is 4. The molecular weight excluding hydrogens is 562 g/mol. The summed E-state index contributed by atoms with van der Waals surface area (Å²) in [7, 11) is -4.14. The Balaban J connectivity index is 1.60. The normalized spacial score (nSPS) is 16.2. The van der Waals surface area contributed by atoms with E-state index < -0.39 is 45.6 Å². The first kappa shape index (κ1) is 32.8. The molecule has 0 spiro atoms. The predicted octanol–water partition coefficient (Wildman–Crippen LogP) is 2.16. The van der Waals surface area contributed by atoms with E-state index in [1.165, 1.54) is 17.0 Å². The Bertz CT molecular complexity index is 1390. The second-order valence-corrected chi connectivity index (χ2v) is 13.0. The van der Waals surface area contributed by atoms with Crippen molar-refractivity contribution in [1.82, 2.24) is 20.3 Å². The molecule has 1 saturated heterocycles. The van der Waals surface area contributed by atoms with Crippen molar-refractivity contribution in [2.45, 2.75) is 81.9 Å². The molecule has 0 unspecified atom stereocenters. The zero-order valence-electron chi connectivity index (χ0n) is 24.4. The van der Waals surface area contributed by atoms with E-state index in [1.807, 2.05) is 12.1 Å². The zero-order chi connectivity index (χ0) is 30.9. The molecule has 2 atom stereocenters. The van der Waals surface area contributed by atoms with Crippen LogP contribution in [0.15, 0.2) is 47.4 Å². The van der Waals surface area contributed by atoms with E-state index in [0.29, 0.717) is 38.8 Å². The second-order valence-electron chi connectivity index (χ2n) is 11.3. The smallest absolute Gasteiger partial charge is 0.407 e. The highest BCUT2D eigenvalue weighted by Crippen LogP contribution is 2.22. The number of amides is 4. The molecule has 2 aromatic carbocycles. The fraction of sp³-hybridized carbons (Fsp3) is 0.517. The third kappa shape index (κ3) is 9.69. The van der Waals surface area contributed by atoms with Crippen molar-refractivity contribution in [2.24, 2.45) is 5.73 Å². The van der Waals surface area contributed by atoms with Crippen molar-refractivity contribution >= 4 is 44.6 Å². The molecule has 5 N–H and O–H groups in total. The molecule has 0 aliphatic carbocycles. The number of alkyl carbamates (subject to hydrolysis) is 1. The van der Waals surface area contributed by atoms with Crippen LogP contribution in [0.5, 0.6) is 0 Å². The molecule has 12 nitrogen and oxygen atoms in total. The number of nitrogens with one attached hydrogen (secondary N) is 3. The van der Waals surface area contributed by atoms with Gasteiger partial charge in [-0.15, -0.1) is 0 Å². The monoisotopic (exact) mass is 603 g/mol. The van der Waals surface area contributed by atoms with Crippen molar-refractivity contribution in [1.29, 1.82) is 0 Å². The van der Waals surface area contributed by atoms with Gasteiger partial charge in [0.2, 0.25) is 27.7 Å². The van der Waals surface area contributed by atoms with Crippen molar-refractivity contribution in [3.05, 3.63) is 42.5 Å². The highest BCUT2D eigenvalue weighted by Gasteiger charge is 2.38. The SMILES string of the molecule is CC(C)(C)OC(=O)NCCCCNC(=O)[C@@H]1CCCN1C(=O)[C@@H](CCC(N)=O)NS(=O)(=O)c1ccc2ccccc2c1. The molecule has 1 heterocycles. The first-order valence-electron chi connectivity index (χ1n) is 14.1. The number of unbranched alkanes of at least 4 members (excludes halogenated alkanes) is 1. The van der Waals surface area contributed by atoms with E-state index in [0.717, 1.165) is 10.8 Å². The Morgan fingerprint density at radius 2 is 1.69 bits per heavy atom. The Hall–Kier alpha value is -3.71. The number of carbonyl (C=O) groups is 4. The van der Waals surface area contributed by atoms with Gasteiger partial charge in [0, 0.05) is 26.1 Å². The van der Waals surface area contributed by atoms with Crippen LogP contribution in [0.25, 0.3) is 10.8 Å². The van der Waals surface area contributed by atoms with Crippen molar-refractivity contribution in [3.63, 3.8) is 0 Å². The predicted molar refractivity (Wildman–Crippen MR) is 158 cm³/mol. The van der Waals surface area contributed by atoms with E-state index in [2.05, 4.69) is 15.4 Å². The van der Waals surface area contributed by atoms with E-state index >= 15 is 0 Å².